The van der Waals surface area contributed by atoms with E-state index in [1.54, 1.807) is 23.9 Å². The molecular formula is C20H19N7O. The van der Waals surface area contributed by atoms with E-state index in [1.807, 2.05) is 24.3 Å². The van der Waals surface area contributed by atoms with E-state index in [0.29, 0.717) is 36.0 Å². The molecule has 28 heavy (non-hydrogen) atoms. The van der Waals surface area contributed by atoms with Gasteiger partial charge < -0.3 is 10.2 Å². The van der Waals surface area contributed by atoms with E-state index in [-0.39, 0.29) is 11.6 Å². The minimum atomic E-state index is -0.147. The molecule has 0 saturated carbocycles. The lowest BCUT2D eigenvalue weighted by Crippen LogP contribution is -2.48. The number of nitriles is 1. The standard InChI is InChI=1S/C20H19N7O/c1-26-19(28)10-17(16-6-7-22-13-24-16)25-20(26)27-9-8-23-18(12-27)15-5-3-2-4-14(15)11-21/h2-7,10,13,18,23H,8-9,12H2,1H3. The molecule has 0 radical (unpaired) electrons. The van der Waals surface area contributed by atoms with Crippen molar-refractivity contribution < 1.29 is 0 Å². The predicted molar refractivity (Wildman–Crippen MR) is 105 cm³/mol. The van der Waals surface area contributed by atoms with Gasteiger partial charge in [0.15, 0.2) is 0 Å². The molecule has 1 saturated heterocycles. The van der Waals surface area contributed by atoms with Gasteiger partial charge in [0.1, 0.15) is 6.33 Å². The largest absolute Gasteiger partial charge is 0.339 e. The summed E-state index contributed by atoms with van der Waals surface area (Å²) in [5.41, 5.74) is 2.58. The van der Waals surface area contributed by atoms with E-state index in [9.17, 15) is 10.1 Å². The molecule has 1 aliphatic heterocycles. The van der Waals surface area contributed by atoms with Crippen molar-refractivity contribution in [3.8, 4) is 17.5 Å². The first-order valence-electron chi connectivity index (χ1n) is 8.99. The highest BCUT2D eigenvalue weighted by molar-refractivity contribution is 5.55. The first kappa shape index (κ1) is 17.8. The van der Waals surface area contributed by atoms with Crippen molar-refractivity contribution in [1.29, 1.82) is 5.26 Å². The predicted octanol–water partition coefficient (Wildman–Crippen LogP) is 1.26. The zero-order valence-corrected chi connectivity index (χ0v) is 15.4. The Balaban J connectivity index is 1.70. The fraction of sp³-hybridized carbons (Fsp3) is 0.250. The van der Waals surface area contributed by atoms with Gasteiger partial charge in [0.05, 0.1) is 29.1 Å². The monoisotopic (exact) mass is 373 g/mol. The van der Waals surface area contributed by atoms with Gasteiger partial charge in [-0.3, -0.25) is 9.36 Å². The first-order valence-corrected chi connectivity index (χ1v) is 8.99. The third-order valence-corrected chi connectivity index (χ3v) is 4.87. The molecule has 4 rings (SSSR count). The summed E-state index contributed by atoms with van der Waals surface area (Å²) < 4.78 is 1.54. The Bertz CT molecular complexity index is 1090. The van der Waals surface area contributed by atoms with E-state index in [0.717, 1.165) is 12.1 Å². The zero-order valence-electron chi connectivity index (χ0n) is 15.4. The third kappa shape index (κ3) is 3.35. The molecule has 0 bridgehead atoms. The highest BCUT2D eigenvalue weighted by atomic mass is 16.1. The molecule has 0 amide bonds. The first-order chi connectivity index (χ1) is 13.7. The van der Waals surface area contributed by atoms with Crippen molar-refractivity contribution in [3.05, 3.63) is 70.4 Å². The van der Waals surface area contributed by atoms with Crippen LogP contribution >= 0.6 is 0 Å². The van der Waals surface area contributed by atoms with Crippen LogP contribution in [-0.2, 0) is 7.05 Å². The smallest absolute Gasteiger partial charge is 0.255 e. The lowest BCUT2D eigenvalue weighted by Gasteiger charge is -2.35. The van der Waals surface area contributed by atoms with Gasteiger partial charge in [0.25, 0.3) is 5.56 Å². The van der Waals surface area contributed by atoms with E-state index in [4.69, 9.17) is 4.98 Å². The van der Waals surface area contributed by atoms with Crippen LogP contribution in [0.15, 0.2) is 53.7 Å². The molecule has 3 heterocycles. The molecule has 0 aliphatic carbocycles. The van der Waals surface area contributed by atoms with Crippen LogP contribution in [0.5, 0.6) is 0 Å². The van der Waals surface area contributed by atoms with Crippen LogP contribution in [0, 0.1) is 11.3 Å². The van der Waals surface area contributed by atoms with Gasteiger partial charge in [-0.1, -0.05) is 18.2 Å². The number of aromatic nitrogens is 4. The summed E-state index contributed by atoms with van der Waals surface area (Å²) in [4.78, 5) is 27.4. The highest BCUT2D eigenvalue weighted by Gasteiger charge is 2.25. The molecule has 8 nitrogen and oxygen atoms in total. The summed E-state index contributed by atoms with van der Waals surface area (Å²) in [7, 11) is 1.72. The summed E-state index contributed by atoms with van der Waals surface area (Å²) in [5.74, 6) is 0.585. The number of benzene rings is 1. The summed E-state index contributed by atoms with van der Waals surface area (Å²) in [5, 5.41) is 12.9. The zero-order chi connectivity index (χ0) is 19.5. The Kier molecular flexibility index (Phi) is 4.83. The van der Waals surface area contributed by atoms with Gasteiger partial charge in [0, 0.05) is 38.9 Å². The van der Waals surface area contributed by atoms with Crippen molar-refractivity contribution in [3.63, 3.8) is 0 Å². The summed E-state index contributed by atoms with van der Waals surface area (Å²) in [6.07, 6.45) is 3.06. The maximum absolute atomic E-state index is 12.5. The fourth-order valence-corrected chi connectivity index (χ4v) is 3.43. The molecule has 3 aromatic rings. The second kappa shape index (κ2) is 7.58. The quantitative estimate of drug-likeness (QED) is 0.738. The highest BCUT2D eigenvalue weighted by Crippen LogP contribution is 2.24. The van der Waals surface area contributed by atoms with Gasteiger partial charge >= 0.3 is 0 Å². The molecule has 8 heteroatoms. The van der Waals surface area contributed by atoms with Crippen molar-refractivity contribution >= 4 is 5.95 Å². The Labute approximate surface area is 162 Å². The van der Waals surface area contributed by atoms with Gasteiger partial charge in [-0.05, 0) is 17.7 Å². The average molecular weight is 373 g/mol. The summed E-state index contributed by atoms with van der Waals surface area (Å²) in [6.45, 7) is 2.03. The van der Waals surface area contributed by atoms with Crippen LogP contribution in [0.2, 0.25) is 0 Å². The number of piperazine rings is 1. The molecule has 1 unspecified atom stereocenters. The van der Waals surface area contributed by atoms with E-state index >= 15 is 0 Å². The molecule has 1 aromatic carbocycles. The molecule has 1 N–H and O–H groups in total. The number of anilines is 1. The lowest BCUT2D eigenvalue weighted by atomic mass is 9.99. The summed E-state index contributed by atoms with van der Waals surface area (Å²) in [6, 6.07) is 13.0. The lowest BCUT2D eigenvalue weighted by molar-refractivity contribution is 0.461. The Hall–Kier alpha value is -3.57. The van der Waals surface area contributed by atoms with Crippen molar-refractivity contribution in [2.75, 3.05) is 24.5 Å². The van der Waals surface area contributed by atoms with E-state index < -0.39 is 0 Å². The van der Waals surface area contributed by atoms with Crippen molar-refractivity contribution in [1.82, 2.24) is 24.8 Å². The van der Waals surface area contributed by atoms with Crippen LogP contribution in [0.25, 0.3) is 11.4 Å². The van der Waals surface area contributed by atoms with Crippen LogP contribution < -0.4 is 15.8 Å². The Morgan fingerprint density at radius 2 is 2.11 bits per heavy atom. The minimum Gasteiger partial charge on any atom is -0.339 e. The third-order valence-electron chi connectivity index (χ3n) is 4.87. The van der Waals surface area contributed by atoms with Gasteiger partial charge in [-0.15, -0.1) is 0 Å². The molecule has 0 spiro atoms. The Morgan fingerprint density at radius 1 is 1.25 bits per heavy atom. The average Bonchev–Trinajstić information content (AvgIpc) is 2.76. The van der Waals surface area contributed by atoms with Gasteiger partial charge in [-0.25, -0.2) is 15.0 Å². The Morgan fingerprint density at radius 3 is 2.89 bits per heavy atom. The fourth-order valence-electron chi connectivity index (χ4n) is 3.43. The molecule has 1 aliphatic rings. The van der Waals surface area contributed by atoms with Crippen LogP contribution in [0.3, 0.4) is 0 Å². The maximum Gasteiger partial charge on any atom is 0.255 e. The molecule has 140 valence electrons. The van der Waals surface area contributed by atoms with E-state index in [2.05, 4.69) is 26.3 Å². The number of nitrogens with zero attached hydrogens (tertiary/aromatic N) is 6. The number of rotatable bonds is 3. The molecule has 1 fully saturated rings. The van der Waals surface area contributed by atoms with Crippen molar-refractivity contribution in [2.24, 2.45) is 7.05 Å². The second-order valence-electron chi connectivity index (χ2n) is 6.59. The van der Waals surface area contributed by atoms with E-state index in [1.165, 1.54) is 12.4 Å². The van der Waals surface area contributed by atoms with Gasteiger partial charge in [-0.2, -0.15) is 5.26 Å². The maximum atomic E-state index is 12.5. The van der Waals surface area contributed by atoms with Gasteiger partial charge in [0.2, 0.25) is 5.95 Å². The molecule has 2 aromatic heterocycles. The number of nitrogens with one attached hydrogen (secondary N) is 1. The normalized spacial score (nSPS) is 16.6. The minimum absolute atomic E-state index is 0.0239. The number of hydrogen-bond acceptors (Lipinski definition) is 7. The van der Waals surface area contributed by atoms with Crippen molar-refractivity contribution in [2.45, 2.75) is 6.04 Å². The van der Waals surface area contributed by atoms with Crippen LogP contribution in [-0.4, -0.2) is 39.2 Å². The summed E-state index contributed by atoms with van der Waals surface area (Å²) >= 11 is 0. The number of hydrogen-bond donors (Lipinski definition) is 1. The molecule has 1 atom stereocenters. The topological polar surface area (TPSA) is 99.7 Å². The van der Waals surface area contributed by atoms with Crippen LogP contribution in [0.1, 0.15) is 17.2 Å². The van der Waals surface area contributed by atoms with Crippen LogP contribution in [0.4, 0.5) is 5.95 Å². The SMILES string of the molecule is Cn1c(N2CCNC(c3ccccc3C#N)C2)nc(-c2ccncn2)cc1=O. The molecular weight excluding hydrogens is 354 g/mol. The second-order valence-corrected chi connectivity index (χ2v) is 6.59.